The highest BCUT2D eigenvalue weighted by atomic mass is 127. The minimum Gasteiger partial charge on any atom is -0.338 e. The first-order chi connectivity index (χ1) is 18.2. The van der Waals surface area contributed by atoms with Crippen LogP contribution in [0.1, 0.15) is 36.4 Å². The number of nitrogens with one attached hydrogen (secondary N) is 2. The van der Waals surface area contributed by atoms with Gasteiger partial charge in [-0.1, -0.05) is 6.07 Å². The topological polar surface area (TPSA) is 107 Å². The molecule has 0 atom stereocenters. The van der Waals surface area contributed by atoms with E-state index in [4.69, 9.17) is 0 Å². The summed E-state index contributed by atoms with van der Waals surface area (Å²) in [7, 11) is 1.51. The molecule has 1 aliphatic carbocycles. The van der Waals surface area contributed by atoms with Gasteiger partial charge in [0.2, 0.25) is 5.91 Å². The van der Waals surface area contributed by atoms with Crippen LogP contribution in [0.3, 0.4) is 0 Å². The van der Waals surface area contributed by atoms with Crippen LogP contribution in [-0.2, 0) is 18.3 Å². The molecular weight excluding hydrogens is 604 g/mol. The van der Waals surface area contributed by atoms with Crippen LogP contribution in [-0.4, -0.2) is 19.6 Å². The van der Waals surface area contributed by atoms with Crippen LogP contribution in [0.15, 0.2) is 50.8 Å². The first kappa shape index (κ1) is 24.6. The molecule has 3 heterocycles. The number of anilines is 3. The normalized spacial score (nSPS) is 14.9. The summed E-state index contributed by atoms with van der Waals surface area (Å²) in [6.45, 7) is 1.57. The lowest BCUT2D eigenvalue weighted by atomic mass is 10.0. The Balaban J connectivity index is 1.71. The van der Waals surface area contributed by atoms with Crippen molar-refractivity contribution in [3.8, 4) is 5.69 Å². The Kier molecular flexibility index (Phi) is 5.78. The maximum atomic E-state index is 14.8. The molecule has 194 valence electrons. The highest BCUT2D eigenvalue weighted by Gasteiger charge is 2.32. The van der Waals surface area contributed by atoms with Gasteiger partial charge in [-0.05, 0) is 84.7 Å². The summed E-state index contributed by atoms with van der Waals surface area (Å²) in [5.41, 5.74) is 0.848. The molecule has 2 aromatic carbocycles. The molecule has 11 heteroatoms. The van der Waals surface area contributed by atoms with Gasteiger partial charge in [0.1, 0.15) is 17.0 Å². The fraction of sp³-hybridized carbons (Fsp3) is 0.259. The number of amides is 1. The van der Waals surface area contributed by atoms with E-state index < -0.39 is 22.6 Å². The van der Waals surface area contributed by atoms with Gasteiger partial charge in [-0.3, -0.25) is 28.1 Å². The third-order valence-electron chi connectivity index (χ3n) is 7.19. The number of benzene rings is 2. The molecule has 4 aromatic rings. The van der Waals surface area contributed by atoms with Crippen LogP contribution in [0.25, 0.3) is 16.6 Å². The number of halogens is 2. The second-order valence-electron chi connectivity index (χ2n) is 9.72. The molecule has 1 saturated carbocycles. The van der Waals surface area contributed by atoms with Gasteiger partial charge < -0.3 is 10.6 Å². The van der Waals surface area contributed by atoms with Crippen molar-refractivity contribution in [3.05, 3.63) is 88.1 Å². The maximum absolute atomic E-state index is 14.8. The first-order valence-electron chi connectivity index (χ1n) is 12.2. The van der Waals surface area contributed by atoms with Crippen LogP contribution in [0.2, 0.25) is 0 Å². The Morgan fingerprint density at radius 3 is 2.50 bits per heavy atom. The summed E-state index contributed by atoms with van der Waals surface area (Å²) in [6, 6.07) is 9.61. The largest absolute Gasteiger partial charge is 0.338 e. The summed E-state index contributed by atoms with van der Waals surface area (Å²) in [5.74, 6) is -0.569. The number of hydrogen-bond donors (Lipinski definition) is 2. The lowest BCUT2D eigenvalue weighted by Crippen LogP contribution is -2.41. The third-order valence-corrected chi connectivity index (χ3v) is 7.86. The van der Waals surface area contributed by atoms with E-state index >= 15 is 0 Å². The summed E-state index contributed by atoms with van der Waals surface area (Å²) < 4.78 is 19.4. The van der Waals surface area contributed by atoms with E-state index in [1.807, 2.05) is 28.7 Å². The zero-order valence-electron chi connectivity index (χ0n) is 20.6. The summed E-state index contributed by atoms with van der Waals surface area (Å²) >= 11 is 2.00. The van der Waals surface area contributed by atoms with Gasteiger partial charge in [-0.25, -0.2) is 9.18 Å². The molecule has 1 aliphatic heterocycles. The van der Waals surface area contributed by atoms with Crippen molar-refractivity contribution in [1.82, 2.24) is 13.7 Å². The Bertz CT molecular complexity index is 1870. The molecule has 2 aliphatic rings. The fourth-order valence-electron chi connectivity index (χ4n) is 5.07. The van der Waals surface area contributed by atoms with E-state index in [1.165, 1.54) is 32.9 Å². The summed E-state index contributed by atoms with van der Waals surface area (Å²) in [5, 5.41) is 5.91. The fourth-order valence-corrected chi connectivity index (χ4v) is 5.53. The van der Waals surface area contributed by atoms with Gasteiger partial charge in [0.15, 0.2) is 0 Å². The highest BCUT2D eigenvalue weighted by molar-refractivity contribution is 14.1. The number of pyridine rings is 1. The standard InChI is InChI=1S/C27H23FIN5O4/c1-13-23-22(24(32(2)25(13)36)31-19-9-5-15(29)11-18(19)28)26(37)34(16-7-8-16)27(38)33(23)17-6-3-14-4-10-21(35)30-20(14)12-17/h3,5-6,9,11-12,16,31H,4,7-8,10H2,1-2H3,(H,30,35). The van der Waals surface area contributed by atoms with Crippen molar-refractivity contribution in [3.63, 3.8) is 0 Å². The van der Waals surface area contributed by atoms with Gasteiger partial charge in [0.25, 0.3) is 11.1 Å². The number of aromatic nitrogens is 3. The van der Waals surface area contributed by atoms with Crippen molar-refractivity contribution < 1.29 is 9.18 Å². The minimum atomic E-state index is -0.560. The average Bonchev–Trinajstić information content (AvgIpc) is 3.71. The van der Waals surface area contributed by atoms with E-state index in [0.717, 1.165) is 5.56 Å². The molecule has 0 radical (unpaired) electrons. The van der Waals surface area contributed by atoms with Crippen molar-refractivity contribution >= 4 is 56.6 Å². The van der Waals surface area contributed by atoms with E-state index in [0.29, 0.717) is 40.6 Å². The molecule has 38 heavy (non-hydrogen) atoms. The molecule has 6 rings (SSSR count). The van der Waals surface area contributed by atoms with Crippen molar-refractivity contribution in [2.75, 3.05) is 10.6 Å². The van der Waals surface area contributed by atoms with E-state index in [-0.39, 0.29) is 39.9 Å². The van der Waals surface area contributed by atoms with Crippen molar-refractivity contribution in [2.24, 2.45) is 7.05 Å². The zero-order valence-corrected chi connectivity index (χ0v) is 22.8. The quantitative estimate of drug-likeness (QED) is 0.335. The SMILES string of the molecule is Cc1c(=O)n(C)c(Nc2ccc(I)cc2F)c2c(=O)n(C3CC3)c(=O)n(-c3ccc4c(c3)NC(=O)CC4)c12. The first-order valence-corrected chi connectivity index (χ1v) is 13.3. The van der Waals surface area contributed by atoms with Crippen LogP contribution in [0.5, 0.6) is 0 Å². The van der Waals surface area contributed by atoms with E-state index in [2.05, 4.69) is 10.6 Å². The summed E-state index contributed by atoms with van der Waals surface area (Å²) in [6.07, 6.45) is 2.31. The second-order valence-corrected chi connectivity index (χ2v) is 11.0. The Hall–Kier alpha value is -3.74. The van der Waals surface area contributed by atoms with Crippen LogP contribution >= 0.6 is 22.6 Å². The maximum Gasteiger partial charge on any atom is 0.336 e. The second kappa shape index (κ2) is 8.93. The average molecular weight is 627 g/mol. The van der Waals surface area contributed by atoms with Crippen LogP contribution in [0.4, 0.5) is 21.6 Å². The molecule has 1 fully saturated rings. The predicted molar refractivity (Wildman–Crippen MR) is 151 cm³/mol. The number of carbonyl (C=O) groups is 1. The van der Waals surface area contributed by atoms with E-state index in [9.17, 15) is 23.6 Å². The monoisotopic (exact) mass is 627 g/mol. The molecule has 1 amide bonds. The van der Waals surface area contributed by atoms with Gasteiger partial charge in [0.05, 0.1) is 16.9 Å². The molecule has 0 saturated heterocycles. The van der Waals surface area contributed by atoms with Crippen LogP contribution in [0, 0.1) is 16.3 Å². The van der Waals surface area contributed by atoms with Gasteiger partial charge in [-0.2, -0.15) is 0 Å². The summed E-state index contributed by atoms with van der Waals surface area (Å²) in [4.78, 5) is 53.2. The lowest BCUT2D eigenvalue weighted by Gasteiger charge is -2.22. The highest BCUT2D eigenvalue weighted by Crippen LogP contribution is 2.34. The van der Waals surface area contributed by atoms with Gasteiger partial charge in [0, 0.05) is 34.3 Å². The van der Waals surface area contributed by atoms with Gasteiger partial charge in [-0.15, -0.1) is 0 Å². The number of fused-ring (bicyclic) bond motifs is 2. The molecule has 2 N–H and O–H groups in total. The minimum absolute atomic E-state index is 0.0927. The zero-order chi connectivity index (χ0) is 26.9. The van der Waals surface area contributed by atoms with Crippen molar-refractivity contribution in [1.29, 1.82) is 0 Å². The number of rotatable bonds is 4. The molecule has 0 spiro atoms. The third kappa shape index (κ3) is 3.87. The lowest BCUT2D eigenvalue weighted by molar-refractivity contribution is -0.116. The molecular formula is C27H23FIN5O4. The Labute approximate surface area is 229 Å². The molecule has 2 aromatic heterocycles. The van der Waals surface area contributed by atoms with E-state index in [1.54, 1.807) is 25.1 Å². The molecule has 0 bridgehead atoms. The van der Waals surface area contributed by atoms with Crippen molar-refractivity contribution in [2.45, 2.75) is 38.6 Å². The molecule has 9 nitrogen and oxygen atoms in total. The predicted octanol–water partition coefficient (Wildman–Crippen LogP) is 3.87. The number of nitrogens with zero attached hydrogens (tertiary/aromatic N) is 3. The van der Waals surface area contributed by atoms with Gasteiger partial charge >= 0.3 is 5.69 Å². The smallest absolute Gasteiger partial charge is 0.336 e. The number of hydrogen-bond acceptors (Lipinski definition) is 5. The molecule has 0 unspecified atom stereocenters. The Morgan fingerprint density at radius 1 is 1.03 bits per heavy atom. The van der Waals surface area contributed by atoms with Crippen LogP contribution < -0.4 is 27.4 Å². The number of aryl methyl sites for hydroxylation is 2. The Morgan fingerprint density at radius 2 is 1.79 bits per heavy atom. The number of carbonyl (C=O) groups excluding carboxylic acids is 1.